The van der Waals surface area contributed by atoms with Crippen LogP contribution in [0.5, 0.6) is 5.75 Å². The molecule has 1 aromatic heterocycles. The molecule has 0 radical (unpaired) electrons. The van der Waals surface area contributed by atoms with E-state index >= 15 is 0 Å². The molecule has 0 atom stereocenters. The molecule has 0 fully saturated rings. The minimum atomic E-state index is -0.225. The average Bonchev–Trinajstić information content (AvgIpc) is 3.07. The molecule has 5 heteroatoms. The van der Waals surface area contributed by atoms with Gasteiger partial charge < -0.3 is 14.6 Å². The maximum Gasteiger partial charge on any atom is 0.204 e. The van der Waals surface area contributed by atoms with Crippen molar-refractivity contribution in [3.63, 3.8) is 0 Å². The van der Waals surface area contributed by atoms with Gasteiger partial charge in [-0.1, -0.05) is 36.4 Å². The van der Waals surface area contributed by atoms with Gasteiger partial charge >= 0.3 is 0 Å². The van der Waals surface area contributed by atoms with Gasteiger partial charge in [0.25, 0.3) is 0 Å². The molecule has 1 N–H and O–H groups in total. The average molecular weight is 375 g/mol. The summed E-state index contributed by atoms with van der Waals surface area (Å²) in [6.45, 7) is 1.39. The van der Waals surface area contributed by atoms with Crippen LogP contribution in [0.4, 0.5) is 10.3 Å². The van der Waals surface area contributed by atoms with Crippen LogP contribution in [0.1, 0.15) is 11.1 Å². The number of imidazole rings is 1. The highest BCUT2D eigenvalue weighted by Crippen LogP contribution is 2.21. The second-order valence-corrected chi connectivity index (χ2v) is 6.66. The molecule has 3 aromatic carbocycles. The molecule has 0 aliphatic carbocycles. The summed E-state index contributed by atoms with van der Waals surface area (Å²) in [5.74, 6) is 1.45. The van der Waals surface area contributed by atoms with Crippen molar-refractivity contribution in [2.24, 2.45) is 0 Å². The van der Waals surface area contributed by atoms with Crippen LogP contribution in [-0.2, 0) is 13.0 Å². The van der Waals surface area contributed by atoms with Crippen LogP contribution in [0.25, 0.3) is 11.0 Å². The Hall–Kier alpha value is -3.34. The first-order chi connectivity index (χ1) is 13.7. The molecule has 0 bridgehead atoms. The van der Waals surface area contributed by atoms with Gasteiger partial charge in [-0.2, -0.15) is 0 Å². The van der Waals surface area contributed by atoms with E-state index < -0.39 is 0 Å². The molecule has 4 nitrogen and oxygen atoms in total. The van der Waals surface area contributed by atoms with E-state index in [0.29, 0.717) is 6.54 Å². The maximum atomic E-state index is 13.2. The fourth-order valence-electron chi connectivity index (χ4n) is 3.25. The number of methoxy groups -OCH3 is 1. The number of ether oxygens (including phenoxy) is 1. The highest BCUT2D eigenvalue weighted by Gasteiger charge is 2.10. The Balaban J connectivity index is 1.53. The second kappa shape index (κ2) is 8.13. The lowest BCUT2D eigenvalue weighted by atomic mass is 10.1. The Labute approximate surface area is 163 Å². The SMILES string of the molecule is COc1ccc(CCNc2nc3ccccc3n2Cc2ccc(F)cc2)cc1. The zero-order valence-corrected chi connectivity index (χ0v) is 15.7. The molecular formula is C23H22FN3O. The van der Waals surface area contributed by atoms with Crippen molar-refractivity contribution in [1.82, 2.24) is 9.55 Å². The maximum absolute atomic E-state index is 13.2. The van der Waals surface area contributed by atoms with Crippen LogP contribution in [0.2, 0.25) is 0 Å². The van der Waals surface area contributed by atoms with Gasteiger partial charge in [0, 0.05) is 6.54 Å². The topological polar surface area (TPSA) is 39.1 Å². The van der Waals surface area contributed by atoms with Crippen LogP contribution in [0.15, 0.2) is 72.8 Å². The largest absolute Gasteiger partial charge is 0.497 e. The van der Waals surface area contributed by atoms with Gasteiger partial charge in [0.1, 0.15) is 11.6 Å². The molecule has 0 saturated heterocycles. The highest BCUT2D eigenvalue weighted by molar-refractivity contribution is 5.78. The summed E-state index contributed by atoms with van der Waals surface area (Å²) < 4.78 is 20.6. The Bertz CT molecular complexity index is 1060. The Kier molecular flexibility index (Phi) is 5.24. The third-order valence-corrected chi connectivity index (χ3v) is 4.76. The molecule has 0 spiro atoms. The van der Waals surface area contributed by atoms with Gasteiger partial charge in [-0.3, -0.25) is 0 Å². The summed E-state index contributed by atoms with van der Waals surface area (Å²) >= 11 is 0. The predicted octanol–water partition coefficient (Wildman–Crippen LogP) is 4.89. The number of rotatable bonds is 7. The van der Waals surface area contributed by atoms with Crippen LogP contribution in [-0.4, -0.2) is 23.2 Å². The Morgan fingerprint density at radius 2 is 1.64 bits per heavy atom. The van der Waals surface area contributed by atoms with Crippen molar-refractivity contribution >= 4 is 17.0 Å². The van der Waals surface area contributed by atoms with Gasteiger partial charge in [-0.25, -0.2) is 9.37 Å². The molecule has 4 rings (SSSR count). The van der Waals surface area contributed by atoms with Crippen molar-refractivity contribution in [2.75, 3.05) is 19.0 Å². The number of hydrogen-bond donors (Lipinski definition) is 1. The van der Waals surface area contributed by atoms with Crippen molar-refractivity contribution in [2.45, 2.75) is 13.0 Å². The number of nitrogens with zero attached hydrogens (tertiary/aromatic N) is 2. The quantitative estimate of drug-likeness (QED) is 0.500. The lowest BCUT2D eigenvalue weighted by Crippen LogP contribution is -2.11. The van der Waals surface area contributed by atoms with E-state index in [1.165, 1.54) is 17.7 Å². The lowest BCUT2D eigenvalue weighted by molar-refractivity contribution is 0.414. The number of para-hydroxylation sites is 2. The predicted molar refractivity (Wildman–Crippen MR) is 110 cm³/mol. The minimum absolute atomic E-state index is 0.225. The number of benzene rings is 3. The van der Waals surface area contributed by atoms with E-state index in [1.807, 2.05) is 42.5 Å². The fraction of sp³-hybridized carbons (Fsp3) is 0.174. The monoisotopic (exact) mass is 375 g/mol. The summed E-state index contributed by atoms with van der Waals surface area (Å²) in [5.41, 5.74) is 4.26. The third kappa shape index (κ3) is 3.98. The van der Waals surface area contributed by atoms with Crippen LogP contribution in [0, 0.1) is 5.82 Å². The van der Waals surface area contributed by atoms with Crippen molar-refractivity contribution < 1.29 is 9.13 Å². The third-order valence-electron chi connectivity index (χ3n) is 4.76. The van der Waals surface area contributed by atoms with Crippen LogP contribution < -0.4 is 10.1 Å². The van der Waals surface area contributed by atoms with E-state index in [9.17, 15) is 4.39 Å². The van der Waals surface area contributed by atoms with Gasteiger partial charge in [-0.05, 0) is 53.9 Å². The van der Waals surface area contributed by atoms with E-state index in [4.69, 9.17) is 9.72 Å². The smallest absolute Gasteiger partial charge is 0.204 e. The first-order valence-corrected chi connectivity index (χ1v) is 9.29. The van der Waals surface area contributed by atoms with E-state index in [1.54, 1.807) is 7.11 Å². The van der Waals surface area contributed by atoms with Gasteiger partial charge in [0.15, 0.2) is 0 Å². The van der Waals surface area contributed by atoms with Crippen molar-refractivity contribution in [3.05, 3.63) is 89.7 Å². The van der Waals surface area contributed by atoms with Crippen LogP contribution in [0.3, 0.4) is 0 Å². The lowest BCUT2D eigenvalue weighted by Gasteiger charge is -2.11. The standard InChI is InChI=1S/C23H22FN3O/c1-28-20-12-8-17(9-13-20)14-15-25-23-26-21-4-2-3-5-22(21)27(23)16-18-6-10-19(24)11-7-18/h2-13H,14-16H2,1H3,(H,25,26). The molecule has 0 aliphatic rings. The van der Waals surface area contributed by atoms with Gasteiger partial charge in [0.2, 0.25) is 5.95 Å². The first kappa shape index (κ1) is 18.0. The minimum Gasteiger partial charge on any atom is -0.497 e. The molecule has 142 valence electrons. The molecule has 28 heavy (non-hydrogen) atoms. The Morgan fingerprint density at radius 1 is 0.929 bits per heavy atom. The molecular weight excluding hydrogens is 353 g/mol. The number of nitrogens with one attached hydrogen (secondary N) is 1. The fourth-order valence-corrected chi connectivity index (χ4v) is 3.25. The van der Waals surface area contributed by atoms with E-state index in [0.717, 1.165) is 41.3 Å². The number of halogens is 1. The highest BCUT2D eigenvalue weighted by atomic mass is 19.1. The van der Waals surface area contributed by atoms with Crippen LogP contribution >= 0.6 is 0 Å². The summed E-state index contributed by atoms with van der Waals surface area (Å²) in [4.78, 5) is 4.74. The summed E-state index contributed by atoms with van der Waals surface area (Å²) in [5, 5.41) is 3.46. The molecule has 4 aromatic rings. The normalized spacial score (nSPS) is 10.9. The first-order valence-electron chi connectivity index (χ1n) is 9.29. The molecule has 0 amide bonds. The zero-order valence-electron chi connectivity index (χ0n) is 15.7. The van der Waals surface area contributed by atoms with Gasteiger partial charge in [-0.15, -0.1) is 0 Å². The summed E-state index contributed by atoms with van der Waals surface area (Å²) in [6, 6.07) is 22.7. The molecule has 0 aliphatic heterocycles. The number of aromatic nitrogens is 2. The zero-order chi connectivity index (χ0) is 19.3. The van der Waals surface area contributed by atoms with Gasteiger partial charge in [0.05, 0.1) is 24.7 Å². The van der Waals surface area contributed by atoms with Crippen molar-refractivity contribution in [1.29, 1.82) is 0 Å². The molecule has 1 heterocycles. The number of hydrogen-bond acceptors (Lipinski definition) is 3. The second-order valence-electron chi connectivity index (χ2n) is 6.66. The summed E-state index contributed by atoms with van der Waals surface area (Å²) in [7, 11) is 1.67. The molecule has 0 unspecified atom stereocenters. The summed E-state index contributed by atoms with van der Waals surface area (Å²) in [6.07, 6.45) is 0.879. The van der Waals surface area contributed by atoms with E-state index in [-0.39, 0.29) is 5.82 Å². The van der Waals surface area contributed by atoms with E-state index in [2.05, 4.69) is 28.1 Å². The number of anilines is 1. The Morgan fingerprint density at radius 3 is 2.39 bits per heavy atom. The molecule has 0 saturated carbocycles. The van der Waals surface area contributed by atoms with Crippen molar-refractivity contribution in [3.8, 4) is 5.75 Å². The number of fused-ring (bicyclic) bond motifs is 1.